The van der Waals surface area contributed by atoms with E-state index in [1.165, 1.54) is 0 Å². The summed E-state index contributed by atoms with van der Waals surface area (Å²) in [5.74, 6) is 0.568. The lowest BCUT2D eigenvalue weighted by Crippen LogP contribution is -2.12. The molecule has 12 aromatic carbocycles. The SMILES string of the molecule is Oc1ccc(-c2ccc(Br)cc2)cc1.Oc1ccc(-c2ccc(N(c3ccccc3)c3ccc(N(c4ccccc4)c4ccccc4)cc3)cc2)cc1.c1ccc(Nc2ccc(N(c3ccccc3)c3ccccc3)cc2)cc1. The zero-order chi connectivity index (χ0) is 54.0. The molecule has 79 heavy (non-hydrogen) atoms. The summed E-state index contributed by atoms with van der Waals surface area (Å²) in [5.41, 5.74) is 16.5. The van der Waals surface area contributed by atoms with Crippen LogP contribution in [0.15, 0.2) is 332 Å². The fraction of sp³-hybridized carbons (Fsp3) is 0. The summed E-state index contributed by atoms with van der Waals surface area (Å²) in [6, 6.07) is 111. The van der Waals surface area contributed by atoms with Crippen molar-refractivity contribution in [2.24, 2.45) is 0 Å². The highest BCUT2D eigenvalue weighted by Crippen LogP contribution is 2.40. The lowest BCUT2D eigenvalue weighted by atomic mass is 10.0. The molecule has 0 amide bonds. The quantitative estimate of drug-likeness (QED) is 0.107. The Morgan fingerprint density at radius 2 is 0.418 bits per heavy atom. The van der Waals surface area contributed by atoms with E-state index in [-0.39, 0.29) is 5.75 Å². The van der Waals surface area contributed by atoms with Crippen LogP contribution in [0, 0.1) is 0 Å². The van der Waals surface area contributed by atoms with Crippen molar-refractivity contribution in [3.63, 3.8) is 0 Å². The van der Waals surface area contributed by atoms with Crippen LogP contribution in [0.2, 0.25) is 0 Å². The van der Waals surface area contributed by atoms with Gasteiger partial charge in [0.25, 0.3) is 0 Å². The van der Waals surface area contributed by atoms with Crippen LogP contribution in [0.25, 0.3) is 22.3 Å². The number of anilines is 11. The minimum atomic E-state index is 0.271. The molecular formula is C72H57BrN4O2. The van der Waals surface area contributed by atoms with E-state index in [2.05, 4.69) is 242 Å². The number of aromatic hydroxyl groups is 2. The molecule has 0 aliphatic rings. The number of phenolic OH excluding ortho intramolecular Hbond substituents is 2. The molecule has 12 rings (SSSR count). The first-order valence-corrected chi connectivity index (χ1v) is 26.8. The highest BCUT2D eigenvalue weighted by atomic mass is 79.9. The third-order valence-electron chi connectivity index (χ3n) is 13.0. The van der Waals surface area contributed by atoms with Gasteiger partial charge in [-0.1, -0.05) is 174 Å². The Labute approximate surface area is 471 Å². The van der Waals surface area contributed by atoms with Crippen molar-refractivity contribution in [3.05, 3.63) is 332 Å². The Morgan fingerprint density at radius 3 is 0.709 bits per heavy atom. The second-order valence-electron chi connectivity index (χ2n) is 18.4. The van der Waals surface area contributed by atoms with E-state index in [1.807, 2.05) is 97.1 Å². The fourth-order valence-corrected chi connectivity index (χ4v) is 9.38. The number of hydrogen-bond donors (Lipinski definition) is 3. The molecule has 384 valence electrons. The van der Waals surface area contributed by atoms with Gasteiger partial charge < -0.3 is 30.2 Å². The number of para-hydroxylation sites is 6. The molecule has 0 radical (unpaired) electrons. The molecule has 0 atom stereocenters. The van der Waals surface area contributed by atoms with Crippen LogP contribution in [0.1, 0.15) is 0 Å². The summed E-state index contributed by atoms with van der Waals surface area (Å²) < 4.78 is 1.07. The molecule has 0 bridgehead atoms. The standard InChI is InChI=1S/C36H28N2O.C24H20N2.C12H9BrO/c39-36-26-18-29(19-27-36)28-16-20-33(21-17-28)38(32-14-8-3-9-15-32)35-24-22-34(23-25-35)37(30-10-4-1-5-11-30)31-12-6-2-7-13-31;1-4-10-20(11-5-1)25-21-16-18-24(19-17-21)26(22-12-6-2-7-13-22)23-14-8-3-9-15-23;13-11-5-1-9(2-6-11)10-3-7-12(14)8-4-10/h1-27,39H;1-19,25H;1-8,14H. The van der Waals surface area contributed by atoms with Crippen molar-refractivity contribution >= 4 is 78.5 Å². The normalized spacial score (nSPS) is 10.4. The van der Waals surface area contributed by atoms with Crippen molar-refractivity contribution < 1.29 is 10.2 Å². The lowest BCUT2D eigenvalue weighted by molar-refractivity contribution is 0.475. The predicted octanol–water partition coefficient (Wildman–Crippen LogP) is 20.7. The average molecular weight is 1090 g/mol. The number of nitrogens with zero attached hydrogens (tertiary/aromatic N) is 3. The van der Waals surface area contributed by atoms with Crippen LogP contribution in [-0.4, -0.2) is 10.2 Å². The third-order valence-corrected chi connectivity index (χ3v) is 13.5. The largest absolute Gasteiger partial charge is 0.508 e. The number of nitrogens with one attached hydrogen (secondary N) is 1. The molecule has 0 saturated heterocycles. The lowest BCUT2D eigenvalue weighted by Gasteiger charge is -2.28. The molecule has 0 saturated carbocycles. The monoisotopic (exact) mass is 1090 g/mol. The van der Waals surface area contributed by atoms with Crippen LogP contribution in [0.3, 0.4) is 0 Å². The molecule has 0 unspecified atom stereocenters. The van der Waals surface area contributed by atoms with E-state index >= 15 is 0 Å². The van der Waals surface area contributed by atoms with Gasteiger partial charge in [-0.25, -0.2) is 0 Å². The average Bonchev–Trinajstić information content (AvgIpc) is 3.52. The molecule has 0 fully saturated rings. The van der Waals surface area contributed by atoms with Crippen LogP contribution >= 0.6 is 15.9 Å². The van der Waals surface area contributed by atoms with E-state index < -0.39 is 0 Å². The first-order valence-electron chi connectivity index (χ1n) is 26.0. The molecule has 7 heteroatoms. The van der Waals surface area contributed by atoms with Gasteiger partial charge in [-0.3, -0.25) is 0 Å². The summed E-state index contributed by atoms with van der Waals surface area (Å²) in [6.45, 7) is 0. The molecule has 0 aromatic heterocycles. The van der Waals surface area contributed by atoms with Gasteiger partial charge in [0, 0.05) is 67.0 Å². The van der Waals surface area contributed by atoms with Crippen LogP contribution in [-0.2, 0) is 0 Å². The molecule has 3 N–H and O–H groups in total. The van der Waals surface area contributed by atoms with E-state index in [0.29, 0.717) is 5.75 Å². The summed E-state index contributed by atoms with van der Waals surface area (Å²) in [4.78, 5) is 6.79. The smallest absolute Gasteiger partial charge is 0.115 e. The van der Waals surface area contributed by atoms with Gasteiger partial charge in [0.15, 0.2) is 0 Å². The molecule has 0 spiro atoms. The Bertz CT molecular complexity index is 3590. The molecule has 0 heterocycles. The van der Waals surface area contributed by atoms with Crippen LogP contribution in [0.4, 0.5) is 62.6 Å². The van der Waals surface area contributed by atoms with Crippen LogP contribution in [0.5, 0.6) is 11.5 Å². The molecular weight excluding hydrogens is 1030 g/mol. The number of rotatable bonds is 13. The fourth-order valence-electron chi connectivity index (χ4n) is 9.11. The maximum absolute atomic E-state index is 9.65. The van der Waals surface area contributed by atoms with Crippen molar-refractivity contribution in [2.75, 3.05) is 20.0 Å². The Kier molecular flexibility index (Phi) is 17.3. The van der Waals surface area contributed by atoms with Gasteiger partial charge in [-0.05, 0) is 192 Å². The highest BCUT2D eigenvalue weighted by Gasteiger charge is 2.17. The highest BCUT2D eigenvalue weighted by molar-refractivity contribution is 9.10. The zero-order valence-corrected chi connectivity index (χ0v) is 44.9. The third kappa shape index (κ3) is 13.9. The van der Waals surface area contributed by atoms with Gasteiger partial charge in [0.1, 0.15) is 11.5 Å². The zero-order valence-electron chi connectivity index (χ0n) is 43.3. The van der Waals surface area contributed by atoms with Gasteiger partial charge in [-0.15, -0.1) is 0 Å². The summed E-state index contributed by atoms with van der Waals surface area (Å²) in [5, 5.41) is 22.2. The number of benzene rings is 12. The number of phenols is 2. The first-order chi connectivity index (χ1) is 38.9. The summed E-state index contributed by atoms with van der Waals surface area (Å²) in [6.07, 6.45) is 0. The predicted molar refractivity (Wildman–Crippen MR) is 335 cm³/mol. The Balaban J connectivity index is 0.000000150. The van der Waals surface area contributed by atoms with E-state index in [9.17, 15) is 5.11 Å². The number of hydrogen-bond acceptors (Lipinski definition) is 6. The van der Waals surface area contributed by atoms with E-state index in [1.54, 1.807) is 24.3 Å². The van der Waals surface area contributed by atoms with E-state index in [0.717, 1.165) is 89.3 Å². The van der Waals surface area contributed by atoms with E-state index in [4.69, 9.17) is 5.11 Å². The first kappa shape index (κ1) is 52.4. The van der Waals surface area contributed by atoms with Gasteiger partial charge in [-0.2, -0.15) is 0 Å². The second-order valence-corrected chi connectivity index (χ2v) is 19.3. The molecule has 0 aliphatic carbocycles. The summed E-state index contributed by atoms with van der Waals surface area (Å²) >= 11 is 3.39. The van der Waals surface area contributed by atoms with Gasteiger partial charge in [0.2, 0.25) is 0 Å². The molecule has 12 aromatic rings. The van der Waals surface area contributed by atoms with Gasteiger partial charge in [0.05, 0.1) is 0 Å². The minimum Gasteiger partial charge on any atom is -0.508 e. The Hall–Kier alpha value is -10.1. The minimum absolute atomic E-state index is 0.271. The van der Waals surface area contributed by atoms with Crippen molar-refractivity contribution in [2.45, 2.75) is 0 Å². The maximum atomic E-state index is 9.65. The van der Waals surface area contributed by atoms with Gasteiger partial charge >= 0.3 is 0 Å². The molecule has 6 nitrogen and oxygen atoms in total. The maximum Gasteiger partial charge on any atom is 0.115 e. The topological polar surface area (TPSA) is 62.2 Å². The summed E-state index contributed by atoms with van der Waals surface area (Å²) in [7, 11) is 0. The van der Waals surface area contributed by atoms with Crippen molar-refractivity contribution in [3.8, 4) is 33.8 Å². The van der Waals surface area contributed by atoms with Crippen molar-refractivity contribution in [1.82, 2.24) is 0 Å². The number of halogens is 1. The Morgan fingerprint density at radius 1 is 0.215 bits per heavy atom. The van der Waals surface area contributed by atoms with Crippen molar-refractivity contribution in [1.29, 1.82) is 0 Å². The second kappa shape index (κ2) is 26.1. The van der Waals surface area contributed by atoms with Crippen LogP contribution < -0.4 is 20.0 Å². The molecule has 0 aliphatic heterocycles.